The van der Waals surface area contributed by atoms with E-state index < -0.39 is 5.92 Å². The zero-order valence-corrected chi connectivity index (χ0v) is 16.6. The lowest BCUT2D eigenvalue weighted by atomic mass is 9.87. The van der Waals surface area contributed by atoms with E-state index in [0.29, 0.717) is 28.7 Å². The van der Waals surface area contributed by atoms with E-state index in [4.69, 9.17) is 18.9 Å². The van der Waals surface area contributed by atoms with Crippen molar-refractivity contribution >= 4 is 5.91 Å². The molecule has 0 atom stereocenters. The Kier molecular flexibility index (Phi) is 5.07. The average molecular weight is 413 g/mol. The fraction of sp³-hybridized carbons (Fsp3) is 0.160. The maximum absolute atomic E-state index is 13.0. The van der Waals surface area contributed by atoms with Gasteiger partial charge in [-0.05, 0) is 24.3 Å². The molecular formula is C25H19NO5. The van der Waals surface area contributed by atoms with E-state index in [1.54, 1.807) is 18.2 Å². The van der Waals surface area contributed by atoms with Gasteiger partial charge in [0.1, 0.15) is 23.9 Å². The second kappa shape index (κ2) is 8.33. The zero-order chi connectivity index (χ0) is 21.0. The molecule has 0 aliphatic carbocycles. The third-order valence-electron chi connectivity index (χ3n) is 5.07. The summed E-state index contributed by atoms with van der Waals surface area (Å²) in [6, 6.07) is 20.6. The van der Waals surface area contributed by atoms with E-state index in [1.165, 1.54) is 0 Å². The first-order valence-corrected chi connectivity index (χ1v) is 9.91. The number of nitrogens with one attached hydrogen (secondary N) is 1. The highest BCUT2D eigenvalue weighted by atomic mass is 16.7. The largest absolute Gasteiger partial charge is 0.481 e. The molecule has 1 N–H and O–H groups in total. The Hall–Kier alpha value is -4.11. The molecule has 5 rings (SSSR count). The monoisotopic (exact) mass is 413 g/mol. The van der Waals surface area contributed by atoms with Gasteiger partial charge in [0.05, 0.1) is 12.5 Å². The predicted molar refractivity (Wildman–Crippen MR) is 114 cm³/mol. The molecule has 154 valence electrons. The van der Waals surface area contributed by atoms with E-state index in [1.807, 2.05) is 48.5 Å². The Morgan fingerprint density at radius 1 is 0.903 bits per heavy atom. The summed E-state index contributed by atoms with van der Waals surface area (Å²) in [5.74, 6) is 8.71. The number of hydrogen-bond acceptors (Lipinski definition) is 5. The molecule has 6 heteroatoms. The van der Waals surface area contributed by atoms with Gasteiger partial charge in [-0.15, -0.1) is 0 Å². The van der Waals surface area contributed by atoms with E-state index >= 15 is 0 Å². The van der Waals surface area contributed by atoms with Crippen LogP contribution in [0.5, 0.6) is 28.7 Å². The third-order valence-corrected chi connectivity index (χ3v) is 5.07. The Balaban J connectivity index is 1.20. The second-order valence-corrected chi connectivity index (χ2v) is 6.99. The SMILES string of the molecule is O=C(NCC#CCOc1ccc2c(c1)OCO2)C1c2ccccc2Oc2ccccc21. The summed E-state index contributed by atoms with van der Waals surface area (Å²) in [5, 5.41) is 2.91. The molecule has 1 amide bonds. The van der Waals surface area contributed by atoms with E-state index in [0.717, 1.165) is 11.1 Å². The Bertz CT molecular complexity index is 1150. The predicted octanol–water partition coefficient (Wildman–Crippen LogP) is 3.85. The summed E-state index contributed by atoms with van der Waals surface area (Å²) in [7, 11) is 0. The van der Waals surface area contributed by atoms with Crippen molar-refractivity contribution in [3.8, 4) is 40.6 Å². The molecule has 0 aromatic heterocycles. The molecule has 2 aliphatic rings. The van der Waals surface area contributed by atoms with Crippen molar-refractivity contribution in [2.24, 2.45) is 0 Å². The van der Waals surface area contributed by atoms with Crippen LogP contribution in [0.3, 0.4) is 0 Å². The fourth-order valence-corrected chi connectivity index (χ4v) is 3.63. The van der Waals surface area contributed by atoms with Gasteiger partial charge in [0.25, 0.3) is 0 Å². The minimum Gasteiger partial charge on any atom is -0.481 e. The Morgan fingerprint density at radius 2 is 1.61 bits per heavy atom. The van der Waals surface area contributed by atoms with Crippen LogP contribution >= 0.6 is 0 Å². The van der Waals surface area contributed by atoms with Gasteiger partial charge in [0.2, 0.25) is 12.7 Å². The maximum Gasteiger partial charge on any atom is 0.233 e. The molecule has 3 aromatic carbocycles. The average Bonchev–Trinajstić information content (AvgIpc) is 3.27. The highest BCUT2D eigenvalue weighted by molar-refractivity contribution is 5.89. The van der Waals surface area contributed by atoms with E-state index in [-0.39, 0.29) is 25.9 Å². The summed E-state index contributed by atoms with van der Waals surface area (Å²) in [4.78, 5) is 13.0. The zero-order valence-electron chi connectivity index (χ0n) is 16.6. The van der Waals surface area contributed by atoms with Gasteiger partial charge < -0.3 is 24.3 Å². The van der Waals surface area contributed by atoms with Crippen LogP contribution in [0.1, 0.15) is 17.0 Å². The molecule has 0 unspecified atom stereocenters. The molecule has 0 saturated heterocycles. The molecule has 0 fully saturated rings. The molecule has 3 aromatic rings. The topological polar surface area (TPSA) is 66.0 Å². The lowest BCUT2D eigenvalue weighted by molar-refractivity contribution is -0.121. The van der Waals surface area contributed by atoms with Crippen molar-refractivity contribution in [2.45, 2.75) is 5.92 Å². The van der Waals surface area contributed by atoms with Gasteiger partial charge in [-0.3, -0.25) is 4.79 Å². The Labute approximate surface area is 179 Å². The summed E-state index contributed by atoms with van der Waals surface area (Å²) in [6.45, 7) is 0.657. The first-order valence-electron chi connectivity index (χ1n) is 9.91. The fourth-order valence-electron chi connectivity index (χ4n) is 3.63. The van der Waals surface area contributed by atoms with Crippen molar-refractivity contribution in [3.05, 3.63) is 77.9 Å². The molecule has 31 heavy (non-hydrogen) atoms. The molecule has 6 nitrogen and oxygen atoms in total. The van der Waals surface area contributed by atoms with Crippen molar-refractivity contribution < 1.29 is 23.7 Å². The minimum absolute atomic E-state index is 0.116. The summed E-state index contributed by atoms with van der Waals surface area (Å²) in [5.41, 5.74) is 1.69. The number of benzene rings is 3. The molecule has 0 spiro atoms. The van der Waals surface area contributed by atoms with Gasteiger partial charge >= 0.3 is 0 Å². The van der Waals surface area contributed by atoms with Crippen LogP contribution in [0.4, 0.5) is 0 Å². The summed E-state index contributed by atoms with van der Waals surface area (Å²) < 4.78 is 22.2. The molecule has 0 bridgehead atoms. The summed E-state index contributed by atoms with van der Waals surface area (Å²) >= 11 is 0. The summed E-state index contributed by atoms with van der Waals surface area (Å²) in [6.07, 6.45) is 0. The van der Waals surface area contributed by atoms with Crippen LogP contribution in [0.25, 0.3) is 0 Å². The van der Waals surface area contributed by atoms with Gasteiger partial charge in [-0.1, -0.05) is 48.2 Å². The van der Waals surface area contributed by atoms with Gasteiger partial charge in [-0.2, -0.15) is 0 Å². The van der Waals surface area contributed by atoms with Gasteiger partial charge in [-0.25, -0.2) is 0 Å². The van der Waals surface area contributed by atoms with Crippen molar-refractivity contribution in [3.63, 3.8) is 0 Å². The molecular weight excluding hydrogens is 394 g/mol. The second-order valence-electron chi connectivity index (χ2n) is 6.99. The highest BCUT2D eigenvalue weighted by Gasteiger charge is 2.31. The number of carbonyl (C=O) groups is 1. The van der Waals surface area contributed by atoms with Crippen LogP contribution in [-0.4, -0.2) is 25.9 Å². The van der Waals surface area contributed by atoms with E-state index in [2.05, 4.69) is 17.2 Å². The van der Waals surface area contributed by atoms with Crippen molar-refractivity contribution in [2.75, 3.05) is 19.9 Å². The first kappa shape index (κ1) is 18.9. The van der Waals surface area contributed by atoms with Gasteiger partial charge in [0.15, 0.2) is 11.5 Å². The lowest BCUT2D eigenvalue weighted by Gasteiger charge is -2.27. The third kappa shape index (κ3) is 3.86. The number of amides is 1. The molecule has 0 saturated carbocycles. The van der Waals surface area contributed by atoms with Crippen LogP contribution in [0.15, 0.2) is 66.7 Å². The Morgan fingerprint density at radius 3 is 2.39 bits per heavy atom. The molecule has 2 heterocycles. The van der Waals surface area contributed by atoms with Gasteiger partial charge in [0, 0.05) is 17.2 Å². The molecule has 2 aliphatic heterocycles. The number of fused-ring (bicyclic) bond motifs is 3. The van der Waals surface area contributed by atoms with Crippen LogP contribution < -0.4 is 24.3 Å². The number of ether oxygens (including phenoxy) is 4. The standard InChI is InChI=1S/C25H19NO5/c27-25(24-18-7-1-3-9-20(18)31-21-10-4-2-8-19(21)24)26-13-5-6-14-28-17-11-12-22-23(15-17)30-16-29-22/h1-4,7-12,15,24H,13-14,16H2,(H,26,27). The lowest BCUT2D eigenvalue weighted by Crippen LogP contribution is -2.31. The number of para-hydroxylation sites is 2. The van der Waals surface area contributed by atoms with Crippen LogP contribution in [0, 0.1) is 11.8 Å². The number of rotatable bonds is 4. The first-order chi connectivity index (χ1) is 15.3. The van der Waals surface area contributed by atoms with E-state index in [9.17, 15) is 4.79 Å². The van der Waals surface area contributed by atoms with Crippen LogP contribution in [0.2, 0.25) is 0 Å². The van der Waals surface area contributed by atoms with Crippen LogP contribution in [-0.2, 0) is 4.79 Å². The maximum atomic E-state index is 13.0. The molecule has 0 radical (unpaired) electrons. The highest BCUT2D eigenvalue weighted by Crippen LogP contribution is 2.43. The smallest absolute Gasteiger partial charge is 0.233 e. The number of hydrogen-bond donors (Lipinski definition) is 1. The van der Waals surface area contributed by atoms with Crippen molar-refractivity contribution in [1.82, 2.24) is 5.32 Å². The minimum atomic E-state index is -0.437. The number of carbonyl (C=O) groups excluding carboxylic acids is 1. The normalized spacial score (nSPS) is 13.2. The van der Waals surface area contributed by atoms with Crippen molar-refractivity contribution in [1.29, 1.82) is 0 Å². The quantitative estimate of drug-likeness (QED) is 0.658.